The Hall–Kier alpha value is -2.76. The molecule has 0 saturated heterocycles. The van der Waals surface area contributed by atoms with E-state index < -0.39 is 12.6 Å². The zero-order valence-corrected chi connectivity index (χ0v) is 14.3. The van der Waals surface area contributed by atoms with Gasteiger partial charge in [0.15, 0.2) is 0 Å². The maximum Gasteiger partial charge on any atom is 0.387 e. The number of rotatable bonds is 6. The van der Waals surface area contributed by atoms with E-state index in [2.05, 4.69) is 9.73 Å². The largest absolute Gasteiger partial charge is 0.457 e. The molecule has 0 atom stereocenters. The molecule has 0 aromatic heterocycles. The highest BCUT2D eigenvalue weighted by Gasteiger charge is 2.13. The average molecular weight is 347 g/mol. The molecule has 25 heavy (non-hydrogen) atoms. The topological polar surface area (TPSA) is 47.9 Å². The van der Waals surface area contributed by atoms with E-state index in [1.807, 2.05) is 26.8 Å². The minimum atomic E-state index is -2.87. The Morgan fingerprint density at radius 2 is 1.84 bits per heavy atom. The lowest BCUT2D eigenvalue weighted by molar-refractivity contribution is -0.0498. The van der Waals surface area contributed by atoms with Gasteiger partial charge in [0, 0.05) is 6.21 Å². The van der Waals surface area contributed by atoms with Crippen molar-refractivity contribution < 1.29 is 23.0 Å². The minimum Gasteiger partial charge on any atom is -0.457 e. The van der Waals surface area contributed by atoms with Crippen LogP contribution < -0.4 is 4.74 Å². The molecular formula is C19H19F2NO3. The Labute approximate surface area is 145 Å². The van der Waals surface area contributed by atoms with Crippen LogP contribution in [0.5, 0.6) is 5.75 Å². The number of alkyl halides is 2. The number of benzene rings is 2. The first-order valence-corrected chi connectivity index (χ1v) is 7.71. The monoisotopic (exact) mass is 347 g/mol. The highest BCUT2D eigenvalue weighted by Crippen LogP contribution is 2.24. The van der Waals surface area contributed by atoms with Gasteiger partial charge in [0.05, 0.1) is 11.3 Å². The van der Waals surface area contributed by atoms with Crippen molar-refractivity contribution in [3.8, 4) is 5.75 Å². The lowest BCUT2D eigenvalue weighted by Crippen LogP contribution is -2.08. The SMILES string of the molecule is CC=Nc1cc(C)c(C(=O)OCc2ccc(OC(F)F)cc2)cc1C. The van der Waals surface area contributed by atoms with Crippen LogP contribution in [0.25, 0.3) is 0 Å². The van der Waals surface area contributed by atoms with Crippen molar-refractivity contribution in [1.82, 2.24) is 0 Å². The molecule has 6 heteroatoms. The van der Waals surface area contributed by atoms with Gasteiger partial charge in [-0.15, -0.1) is 0 Å². The summed E-state index contributed by atoms with van der Waals surface area (Å²) in [5.74, 6) is -0.385. The number of hydrogen-bond donors (Lipinski definition) is 0. The van der Waals surface area contributed by atoms with Gasteiger partial charge in [-0.25, -0.2) is 4.79 Å². The molecule has 4 nitrogen and oxygen atoms in total. The number of carbonyl (C=O) groups is 1. The summed E-state index contributed by atoms with van der Waals surface area (Å²) < 4.78 is 33.8. The molecule has 0 aliphatic rings. The highest BCUT2D eigenvalue weighted by atomic mass is 19.3. The zero-order chi connectivity index (χ0) is 18.4. The van der Waals surface area contributed by atoms with Crippen molar-refractivity contribution in [2.75, 3.05) is 0 Å². The summed E-state index contributed by atoms with van der Waals surface area (Å²) in [6, 6.07) is 9.54. The summed E-state index contributed by atoms with van der Waals surface area (Å²) in [7, 11) is 0. The quantitative estimate of drug-likeness (QED) is 0.547. The van der Waals surface area contributed by atoms with E-state index in [-0.39, 0.29) is 12.4 Å². The van der Waals surface area contributed by atoms with E-state index >= 15 is 0 Å². The molecule has 0 radical (unpaired) electrons. The normalized spacial score (nSPS) is 11.1. The number of aryl methyl sites for hydroxylation is 2. The molecule has 0 spiro atoms. The van der Waals surface area contributed by atoms with Gasteiger partial charge in [0.1, 0.15) is 12.4 Å². The van der Waals surface area contributed by atoms with E-state index in [9.17, 15) is 13.6 Å². The fourth-order valence-electron chi connectivity index (χ4n) is 2.29. The second-order valence-electron chi connectivity index (χ2n) is 5.44. The van der Waals surface area contributed by atoms with Gasteiger partial charge in [-0.1, -0.05) is 12.1 Å². The van der Waals surface area contributed by atoms with Crippen LogP contribution in [-0.2, 0) is 11.3 Å². The molecule has 2 aromatic carbocycles. The molecule has 0 N–H and O–H groups in total. The highest BCUT2D eigenvalue weighted by molar-refractivity contribution is 5.92. The Balaban J connectivity index is 2.04. The van der Waals surface area contributed by atoms with Crippen LogP contribution in [0, 0.1) is 13.8 Å². The summed E-state index contributed by atoms with van der Waals surface area (Å²) in [4.78, 5) is 16.5. The van der Waals surface area contributed by atoms with E-state index in [4.69, 9.17) is 4.74 Å². The van der Waals surface area contributed by atoms with Gasteiger partial charge in [-0.3, -0.25) is 4.99 Å². The lowest BCUT2D eigenvalue weighted by atomic mass is 10.0. The number of nitrogens with zero attached hydrogens (tertiary/aromatic N) is 1. The van der Waals surface area contributed by atoms with Gasteiger partial charge in [0.25, 0.3) is 0 Å². The number of esters is 1. The van der Waals surface area contributed by atoms with Gasteiger partial charge in [-0.05, 0) is 61.7 Å². The summed E-state index contributed by atoms with van der Waals surface area (Å²) in [6.45, 7) is 2.70. The van der Waals surface area contributed by atoms with Gasteiger partial charge in [-0.2, -0.15) is 8.78 Å². The van der Waals surface area contributed by atoms with Gasteiger partial charge >= 0.3 is 12.6 Å². The van der Waals surface area contributed by atoms with E-state index in [0.29, 0.717) is 11.1 Å². The van der Waals surface area contributed by atoms with E-state index in [1.54, 1.807) is 24.4 Å². The minimum absolute atomic E-state index is 0.0428. The lowest BCUT2D eigenvalue weighted by Gasteiger charge is -2.10. The molecule has 0 fully saturated rings. The van der Waals surface area contributed by atoms with Crippen molar-refractivity contribution in [2.45, 2.75) is 34.0 Å². The standard InChI is InChI=1S/C19H19F2NO3/c1-4-22-17-10-12(2)16(9-13(17)3)18(23)24-11-14-5-7-15(8-6-14)25-19(20)21/h4-10,19H,11H2,1-3H3. The van der Waals surface area contributed by atoms with Crippen molar-refractivity contribution in [3.63, 3.8) is 0 Å². The molecule has 0 aliphatic carbocycles. The van der Waals surface area contributed by atoms with Crippen molar-refractivity contribution >= 4 is 17.9 Å². The average Bonchev–Trinajstić information content (AvgIpc) is 2.56. The third-order valence-electron chi connectivity index (χ3n) is 3.55. The maximum absolute atomic E-state index is 12.3. The van der Waals surface area contributed by atoms with Crippen LogP contribution in [0.15, 0.2) is 41.4 Å². The fraction of sp³-hybridized carbons (Fsp3) is 0.263. The fourth-order valence-corrected chi connectivity index (χ4v) is 2.29. The van der Waals surface area contributed by atoms with Crippen LogP contribution in [0.4, 0.5) is 14.5 Å². The molecule has 132 valence electrons. The first-order chi connectivity index (χ1) is 11.9. The Kier molecular flexibility index (Phi) is 6.22. The third-order valence-corrected chi connectivity index (χ3v) is 3.55. The Morgan fingerprint density at radius 1 is 1.16 bits per heavy atom. The molecule has 0 bridgehead atoms. The molecule has 2 rings (SSSR count). The third kappa shape index (κ3) is 5.11. The number of aliphatic imine (C=N–C) groups is 1. The number of carbonyl (C=O) groups excluding carboxylic acids is 1. The van der Waals surface area contributed by atoms with Crippen molar-refractivity contribution in [3.05, 3.63) is 58.7 Å². The summed E-state index contributed by atoms with van der Waals surface area (Å²) >= 11 is 0. The predicted octanol–water partition coefficient (Wildman–Crippen LogP) is 4.98. The van der Waals surface area contributed by atoms with Crippen LogP contribution >= 0.6 is 0 Å². The first-order valence-electron chi connectivity index (χ1n) is 7.71. The second-order valence-corrected chi connectivity index (χ2v) is 5.44. The van der Waals surface area contributed by atoms with Crippen LogP contribution in [0.2, 0.25) is 0 Å². The predicted molar refractivity (Wildman–Crippen MR) is 91.9 cm³/mol. The Bertz CT molecular complexity index is 771. The molecule has 0 unspecified atom stereocenters. The second kappa shape index (κ2) is 8.37. The number of ether oxygens (including phenoxy) is 2. The van der Waals surface area contributed by atoms with Crippen LogP contribution in [-0.4, -0.2) is 18.8 Å². The van der Waals surface area contributed by atoms with Crippen molar-refractivity contribution in [2.24, 2.45) is 4.99 Å². The van der Waals surface area contributed by atoms with Gasteiger partial charge < -0.3 is 9.47 Å². The van der Waals surface area contributed by atoms with Crippen molar-refractivity contribution in [1.29, 1.82) is 0 Å². The molecule has 0 amide bonds. The first kappa shape index (κ1) is 18.6. The molecule has 0 heterocycles. The maximum atomic E-state index is 12.3. The van der Waals surface area contributed by atoms with Crippen LogP contribution in [0.3, 0.4) is 0 Å². The van der Waals surface area contributed by atoms with Crippen LogP contribution in [0.1, 0.15) is 34.0 Å². The molecule has 0 aliphatic heterocycles. The van der Waals surface area contributed by atoms with E-state index in [0.717, 1.165) is 16.8 Å². The zero-order valence-electron chi connectivity index (χ0n) is 14.3. The van der Waals surface area contributed by atoms with E-state index in [1.165, 1.54) is 12.1 Å². The molecular weight excluding hydrogens is 328 g/mol. The smallest absolute Gasteiger partial charge is 0.387 e. The summed E-state index contributed by atoms with van der Waals surface area (Å²) in [5, 5.41) is 0. The van der Waals surface area contributed by atoms with Gasteiger partial charge in [0.2, 0.25) is 0 Å². The summed E-state index contributed by atoms with van der Waals surface area (Å²) in [6.07, 6.45) is 1.70. The Morgan fingerprint density at radius 3 is 2.44 bits per heavy atom. The number of hydrogen-bond acceptors (Lipinski definition) is 4. The molecule has 2 aromatic rings. The number of halogens is 2. The summed E-state index contributed by atoms with van der Waals surface area (Å²) in [5.41, 5.74) is 3.62. The molecule has 0 saturated carbocycles.